The molecule has 0 saturated heterocycles. The zero-order chi connectivity index (χ0) is 14.0. The van der Waals surface area contributed by atoms with Crippen molar-refractivity contribution in [3.63, 3.8) is 0 Å². The van der Waals surface area contributed by atoms with Crippen molar-refractivity contribution in [1.82, 2.24) is 4.98 Å². The topological polar surface area (TPSA) is 85.1 Å². The Morgan fingerprint density at radius 2 is 2.00 bits per heavy atom. The highest BCUT2D eigenvalue weighted by Crippen LogP contribution is 2.25. The van der Waals surface area contributed by atoms with Gasteiger partial charge >= 0.3 is 0 Å². The molecular weight excluding hydrogens is 286 g/mol. The van der Waals surface area contributed by atoms with E-state index in [2.05, 4.69) is 9.71 Å². The Morgan fingerprint density at radius 1 is 1.26 bits per heavy atom. The third-order valence-corrected chi connectivity index (χ3v) is 4.27. The lowest BCUT2D eigenvalue weighted by molar-refractivity contribution is 0.601. The number of nitrogens with zero attached hydrogens (tertiary/aromatic N) is 1. The van der Waals surface area contributed by atoms with E-state index in [-0.39, 0.29) is 9.92 Å². The molecule has 2 rings (SSSR count). The number of nitrogens with two attached hydrogens (primary N) is 1. The van der Waals surface area contributed by atoms with Gasteiger partial charge in [-0.05, 0) is 37.3 Å². The van der Waals surface area contributed by atoms with E-state index in [4.69, 9.17) is 17.3 Å². The van der Waals surface area contributed by atoms with Crippen molar-refractivity contribution < 1.29 is 8.42 Å². The summed E-state index contributed by atoms with van der Waals surface area (Å²) in [5, 5.41) is 0.113. The van der Waals surface area contributed by atoms with Gasteiger partial charge < -0.3 is 5.73 Å². The summed E-state index contributed by atoms with van der Waals surface area (Å²) in [7, 11) is -3.78. The highest BCUT2D eigenvalue weighted by molar-refractivity contribution is 7.92. The van der Waals surface area contributed by atoms with Crippen LogP contribution in [-0.4, -0.2) is 13.4 Å². The number of aromatic nitrogens is 1. The van der Waals surface area contributed by atoms with Crippen molar-refractivity contribution in [1.29, 1.82) is 0 Å². The smallest absolute Gasteiger partial charge is 0.263 e. The molecule has 19 heavy (non-hydrogen) atoms. The molecule has 5 nitrogen and oxygen atoms in total. The van der Waals surface area contributed by atoms with Crippen LogP contribution in [0.4, 0.5) is 11.4 Å². The second-order valence-corrected chi connectivity index (χ2v) is 6.04. The highest BCUT2D eigenvalue weighted by atomic mass is 35.5. The molecule has 7 heteroatoms. The summed E-state index contributed by atoms with van der Waals surface area (Å²) < 4.78 is 26.8. The fraction of sp³-hybridized carbons (Fsp3) is 0.0833. The molecule has 1 aromatic heterocycles. The summed E-state index contributed by atoms with van der Waals surface area (Å²) in [5.41, 5.74) is 7.06. The van der Waals surface area contributed by atoms with E-state index < -0.39 is 10.0 Å². The van der Waals surface area contributed by atoms with Crippen LogP contribution in [0.25, 0.3) is 0 Å². The SMILES string of the molecule is Cc1ccc(NS(=O)(=O)c2cc(N)ccc2Cl)cn1. The first-order valence-electron chi connectivity index (χ1n) is 5.39. The van der Waals surface area contributed by atoms with E-state index in [1.165, 1.54) is 24.4 Å². The number of nitrogen functional groups attached to an aromatic ring is 1. The molecule has 0 bridgehead atoms. The van der Waals surface area contributed by atoms with Crippen LogP contribution in [0, 0.1) is 6.92 Å². The van der Waals surface area contributed by atoms with Crippen LogP contribution < -0.4 is 10.5 Å². The van der Waals surface area contributed by atoms with Crippen molar-refractivity contribution in [3.8, 4) is 0 Å². The van der Waals surface area contributed by atoms with Gasteiger partial charge in [0.25, 0.3) is 10.0 Å². The van der Waals surface area contributed by atoms with Crippen molar-refractivity contribution in [2.24, 2.45) is 0 Å². The fourth-order valence-corrected chi connectivity index (χ4v) is 3.04. The zero-order valence-electron chi connectivity index (χ0n) is 10.1. The molecule has 0 saturated carbocycles. The second-order valence-electron chi connectivity index (χ2n) is 3.98. The first kappa shape index (κ1) is 13.6. The molecular formula is C12H12ClN3O2S. The second kappa shape index (κ2) is 5.07. The number of pyridine rings is 1. The van der Waals surface area contributed by atoms with Crippen LogP contribution in [0.1, 0.15) is 5.69 Å². The largest absolute Gasteiger partial charge is 0.399 e. The number of nitrogens with one attached hydrogen (secondary N) is 1. The molecule has 2 aromatic rings. The molecule has 3 N–H and O–H groups in total. The highest BCUT2D eigenvalue weighted by Gasteiger charge is 2.18. The Hall–Kier alpha value is -1.79. The van der Waals surface area contributed by atoms with Crippen LogP contribution in [0.5, 0.6) is 0 Å². The number of anilines is 2. The summed E-state index contributed by atoms with van der Waals surface area (Å²) in [6.45, 7) is 1.81. The van der Waals surface area contributed by atoms with Crippen molar-refractivity contribution in [2.75, 3.05) is 10.5 Å². The Kier molecular flexibility index (Phi) is 3.64. The minimum Gasteiger partial charge on any atom is -0.399 e. The van der Waals surface area contributed by atoms with Gasteiger partial charge in [0.15, 0.2) is 0 Å². The van der Waals surface area contributed by atoms with Gasteiger partial charge in [-0.3, -0.25) is 9.71 Å². The molecule has 0 aliphatic heterocycles. The predicted molar refractivity (Wildman–Crippen MR) is 75.6 cm³/mol. The fourth-order valence-electron chi connectivity index (χ4n) is 1.46. The van der Waals surface area contributed by atoms with Gasteiger partial charge in [-0.1, -0.05) is 11.6 Å². The summed E-state index contributed by atoms with van der Waals surface area (Å²) in [4.78, 5) is 3.95. The van der Waals surface area contributed by atoms with Gasteiger partial charge in [-0.15, -0.1) is 0 Å². The summed E-state index contributed by atoms with van der Waals surface area (Å²) in [6.07, 6.45) is 1.44. The number of halogens is 1. The number of benzene rings is 1. The monoisotopic (exact) mass is 297 g/mol. The number of hydrogen-bond donors (Lipinski definition) is 2. The minimum absolute atomic E-state index is 0.0604. The van der Waals surface area contributed by atoms with Gasteiger partial charge in [0, 0.05) is 11.4 Å². The van der Waals surface area contributed by atoms with Crippen molar-refractivity contribution >= 4 is 33.0 Å². The minimum atomic E-state index is -3.78. The molecule has 100 valence electrons. The summed E-state index contributed by atoms with van der Waals surface area (Å²) in [5.74, 6) is 0. The van der Waals surface area contributed by atoms with E-state index >= 15 is 0 Å². The normalized spacial score (nSPS) is 11.3. The van der Waals surface area contributed by atoms with Gasteiger partial charge in [0.05, 0.1) is 16.9 Å². The maximum atomic E-state index is 12.2. The van der Waals surface area contributed by atoms with E-state index in [0.29, 0.717) is 11.4 Å². The van der Waals surface area contributed by atoms with Gasteiger partial charge in [-0.25, -0.2) is 8.42 Å². The Bertz CT molecular complexity index is 699. The number of sulfonamides is 1. The van der Waals surface area contributed by atoms with Crippen molar-refractivity contribution in [2.45, 2.75) is 11.8 Å². The van der Waals surface area contributed by atoms with Gasteiger partial charge in [0.2, 0.25) is 0 Å². The van der Waals surface area contributed by atoms with Crippen LogP contribution >= 0.6 is 11.6 Å². The Labute approximate surface area is 116 Å². The Morgan fingerprint density at radius 3 is 2.63 bits per heavy atom. The van der Waals surface area contributed by atoms with E-state index in [1.807, 2.05) is 6.92 Å². The lowest BCUT2D eigenvalue weighted by atomic mass is 10.3. The average Bonchev–Trinajstić information content (AvgIpc) is 2.35. The molecule has 0 atom stereocenters. The van der Waals surface area contributed by atoms with Crippen LogP contribution in [-0.2, 0) is 10.0 Å². The molecule has 0 radical (unpaired) electrons. The lowest BCUT2D eigenvalue weighted by Gasteiger charge is -2.10. The molecule has 0 spiro atoms. The van der Waals surface area contributed by atoms with Crippen LogP contribution in [0.15, 0.2) is 41.4 Å². The Balaban J connectivity index is 2.37. The first-order chi connectivity index (χ1) is 8.88. The first-order valence-corrected chi connectivity index (χ1v) is 7.25. The number of rotatable bonds is 3. The maximum absolute atomic E-state index is 12.2. The molecule has 0 unspecified atom stereocenters. The van der Waals surface area contributed by atoms with Crippen molar-refractivity contribution in [3.05, 3.63) is 47.2 Å². The number of aryl methyl sites for hydroxylation is 1. The molecule has 0 amide bonds. The van der Waals surface area contributed by atoms with E-state index in [9.17, 15) is 8.42 Å². The predicted octanol–water partition coefficient (Wildman–Crippen LogP) is 2.43. The third-order valence-electron chi connectivity index (χ3n) is 2.41. The standard InChI is InChI=1S/C12H12ClN3O2S/c1-8-2-4-10(7-15-8)16-19(17,18)12-6-9(14)3-5-11(12)13/h2-7,16H,14H2,1H3. The molecule has 0 aliphatic rings. The molecule has 0 fully saturated rings. The number of hydrogen-bond acceptors (Lipinski definition) is 4. The van der Waals surface area contributed by atoms with E-state index in [0.717, 1.165) is 5.69 Å². The lowest BCUT2D eigenvalue weighted by Crippen LogP contribution is -2.14. The summed E-state index contributed by atoms with van der Waals surface area (Å²) >= 11 is 5.88. The molecule has 0 aliphatic carbocycles. The quantitative estimate of drug-likeness (QED) is 0.852. The summed E-state index contributed by atoms with van der Waals surface area (Å²) in [6, 6.07) is 7.62. The van der Waals surface area contributed by atoms with E-state index in [1.54, 1.807) is 12.1 Å². The average molecular weight is 298 g/mol. The zero-order valence-corrected chi connectivity index (χ0v) is 11.7. The van der Waals surface area contributed by atoms with Crippen LogP contribution in [0.2, 0.25) is 5.02 Å². The maximum Gasteiger partial charge on any atom is 0.263 e. The third kappa shape index (κ3) is 3.15. The molecule has 1 aromatic carbocycles. The van der Waals surface area contributed by atoms with Gasteiger partial charge in [0.1, 0.15) is 4.90 Å². The van der Waals surface area contributed by atoms with Crippen LogP contribution in [0.3, 0.4) is 0 Å². The van der Waals surface area contributed by atoms with Gasteiger partial charge in [-0.2, -0.15) is 0 Å². The molecule has 1 heterocycles.